The molecular weight excluding hydrogens is 296 g/mol. The molecule has 0 saturated heterocycles. The van der Waals surface area contributed by atoms with E-state index in [1.54, 1.807) is 6.07 Å². The van der Waals surface area contributed by atoms with E-state index in [1.165, 1.54) is 5.56 Å². The van der Waals surface area contributed by atoms with E-state index in [1.807, 2.05) is 50.2 Å². The summed E-state index contributed by atoms with van der Waals surface area (Å²) in [6.45, 7) is 4.29. The Balaban J connectivity index is 1.86. The predicted octanol–water partition coefficient (Wildman–Crippen LogP) is 4.13. The lowest BCUT2D eigenvalue weighted by Crippen LogP contribution is -2.28. The Morgan fingerprint density at radius 1 is 1.14 bits per heavy atom. The highest BCUT2D eigenvalue weighted by atomic mass is 35.5. The second-order valence-corrected chi connectivity index (χ2v) is 5.30. The minimum atomic E-state index is -0.281. The van der Waals surface area contributed by atoms with E-state index >= 15 is 0 Å². The molecule has 0 fully saturated rings. The molecular formula is C18H17ClN2O. The molecule has 4 heteroatoms. The van der Waals surface area contributed by atoms with Crippen molar-refractivity contribution in [3.05, 3.63) is 64.2 Å². The molecule has 0 aromatic heterocycles. The highest BCUT2D eigenvalue weighted by molar-refractivity contribution is 6.31. The average molecular weight is 313 g/mol. The van der Waals surface area contributed by atoms with Crippen LogP contribution >= 0.6 is 11.6 Å². The monoisotopic (exact) mass is 312 g/mol. The molecule has 22 heavy (non-hydrogen) atoms. The predicted molar refractivity (Wildman–Crippen MR) is 91.3 cm³/mol. The van der Waals surface area contributed by atoms with Crippen LogP contribution in [0, 0.1) is 25.7 Å². The van der Waals surface area contributed by atoms with Gasteiger partial charge in [0.1, 0.15) is 0 Å². The first-order chi connectivity index (χ1) is 10.6. The summed E-state index contributed by atoms with van der Waals surface area (Å²) in [4.78, 5) is 11.8. The van der Waals surface area contributed by atoms with Gasteiger partial charge in [0, 0.05) is 11.3 Å². The van der Waals surface area contributed by atoms with Gasteiger partial charge in [-0.15, -0.1) is 0 Å². The summed E-state index contributed by atoms with van der Waals surface area (Å²) in [5.74, 6) is 5.80. The van der Waals surface area contributed by atoms with Crippen molar-refractivity contribution < 1.29 is 4.79 Å². The fourth-order valence-corrected chi connectivity index (χ4v) is 2.00. The molecule has 112 valence electrons. The fourth-order valence-electron chi connectivity index (χ4n) is 1.82. The van der Waals surface area contributed by atoms with E-state index in [0.29, 0.717) is 5.02 Å². The Bertz CT molecular complexity index is 744. The Labute approximate surface area is 135 Å². The maximum absolute atomic E-state index is 11.8. The number of rotatable bonds is 2. The molecule has 0 heterocycles. The first-order valence-electron chi connectivity index (χ1n) is 6.92. The highest BCUT2D eigenvalue weighted by Gasteiger charge is 2.01. The van der Waals surface area contributed by atoms with E-state index in [9.17, 15) is 4.79 Å². The zero-order valence-electron chi connectivity index (χ0n) is 12.5. The largest absolute Gasteiger partial charge is 0.327 e. The molecule has 0 bridgehead atoms. The molecule has 0 atom stereocenters. The summed E-state index contributed by atoms with van der Waals surface area (Å²) >= 11 is 6.00. The Hall–Kier alpha value is -2.44. The van der Waals surface area contributed by atoms with E-state index in [-0.39, 0.29) is 12.6 Å². The number of amides is 2. The number of nitrogens with one attached hydrogen (secondary N) is 2. The maximum Gasteiger partial charge on any atom is 0.319 e. The second-order valence-electron chi connectivity index (χ2n) is 4.89. The lowest BCUT2D eigenvalue weighted by atomic mass is 10.1. The van der Waals surface area contributed by atoms with Crippen molar-refractivity contribution in [2.45, 2.75) is 13.8 Å². The van der Waals surface area contributed by atoms with Crippen LogP contribution in [0.4, 0.5) is 10.5 Å². The van der Waals surface area contributed by atoms with Gasteiger partial charge in [-0.2, -0.15) is 0 Å². The number of anilines is 1. The molecule has 0 aliphatic rings. The van der Waals surface area contributed by atoms with Crippen molar-refractivity contribution in [1.82, 2.24) is 5.32 Å². The summed E-state index contributed by atoms with van der Waals surface area (Å²) in [5.41, 5.74) is 3.84. The first kappa shape index (κ1) is 15.9. The molecule has 0 spiro atoms. The molecule has 2 rings (SSSR count). The number of halogens is 1. The molecule has 3 nitrogen and oxygen atoms in total. The zero-order chi connectivity index (χ0) is 15.9. The second kappa shape index (κ2) is 7.53. The van der Waals surface area contributed by atoms with Crippen molar-refractivity contribution in [1.29, 1.82) is 0 Å². The van der Waals surface area contributed by atoms with Gasteiger partial charge >= 0.3 is 6.03 Å². The molecule has 2 aromatic rings. The SMILES string of the molecule is Cc1ccc(NC(=O)NCC#Cc2ccccc2Cl)cc1C. The van der Waals surface area contributed by atoms with Gasteiger partial charge < -0.3 is 10.6 Å². The number of hydrogen-bond donors (Lipinski definition) is 2. The van der Waals surface area contributed by atoms with Gasteiger partial charge in [0.05, 0.1) is 11.6 Å². The number of benzene rings is 2. The number of carbonyl (C=O) groups is 1. The summed E-state index contributed by atoms with van der Waals surface area (Å²) in [7, 11) is 0. The molecule has 0 aliphatic carbocycles. The van der Waals surface area contributed by atoms with Gasteiger partial charge in [0.2, 0.25) is 0 Å². The molecule has 0 saturated carbocycles. The van der Waals surface area contributed by atoms with Crippen LogP contribution in [0.2, 0.25) is 5.02 Å². The van der Waals surface area contributed by atoms with Crippen molar-refractivity contribution in [3.63, 3.8) is 0 Å². The van der Waals surface area contributed by atoms with Gasteiger partial charge in [0.25, 0.3) is 0 Å². The lowest BCUT2D eigenvalue weighted by Gasteiger charge is -2.07. The number of hydrogen-bond acceptors (Lipinski definition) is 1. The maximum atomic E-state index is 11.8. The highest BCUT2D eigenvalue weighted by Crippen LogP contribution is 2.14. The lowest BCUT2D eigenvalue weighted by molar-refractivity contribution is 0.253. The minimum absolute atomic E-state index is 0.252. The van der Waals surface area contributed by atoms with Crippen LogP contribution in [0.25, 0.3) is 0 Å². The van der Waals surface area contributed by atoms with Gasteiger partial charge in [0.15, 0.2) is 0 Å². The molecule has 0 radical (unpaired) electrons. The minimum Gasteiger partial charge on any atom is -0.327 e. The van der Waals surface area contributed by atoms with Crippen molar-refractivity contribution in [2.75, 3.05) is 11.9 Å². The van der Waals surface area contributed by atoms with Crippen molar-refractivity contribution in [3.8, 4) is 11.8 Å². The average Bonchev–Trinajstić information content (AvgIpc) is 2.49. The molecule has 2 N–H and O–H groups in total. The first-order valence-corrected chi connectivity index (χ1v) is 7.29. The standard InChI is InChI=1S/C18H17ClN2O/c1-13-9-10-16(12-14(13)2)21-18(22)20-11-5-7-15-6-3-4-8-17(15)19/h3-4,6,8-10,12H,11H2,1-2H3,(H2,20,21,22). The van der Waals surface area contributed by atoms with E-state index < -0.39 is 0 Å². The quantitative estimate of drug-likeness (QED) is 0.804. The summed E-state index contributed by atoms with van der Waals surface area (Å²) in [5, 5.41) is 6.07. The van der Waals surface area contributed by atoms with Crippen LogP contribution in [0.3, 0.4) is 0 Å². The molecule has 2 amide bonds. The van der Waals surface area contributed by atoms with Crippen LogP contribution in [-0.2, 0) is 0 Å². The van der Waals surface area contributed by atoms with E-state index in [0.717, 1.165) is 16.8 Å². The topological polar surface area (TPSA) is 41.1 Å². The van der Waals surface area contributed by atoms with Crippen LogP contribution in [-0.4, -0.2) is 12.6 Å². The van der Waals surface area contributed by atoms with Crippen LogP contribution in [0.15, 0.2) is 42.5 Å². The number of urea groups is 1. The fraction of sp³-hybridized carbons (Fsp3) is 0.167. The van der Waals surface area contributed by atoms with Gasteiger partial charge in [-0.05, 0) is 49.2 Å². The van der Waals surface area contributed by atoms with Crippen LogP contribution in [0.1, 0.15) is 16.7 Å². The molecule has 0 aliphatic heterocycles. The zero-order valence-corrected chi connectivity index (χ0v) is 13.3. The van der Waals surface area contributed by atoms with Gasteiger partial charge in [-0.1, -0.05) is 41.6 Å². The number of carbonyl (C=O) groups excluding carboxylic acids is 1. The van der Waals surface area contributed by atoms with E-state index in [2.05, 4.69) is 22.5 Å². The van der Waals surface area contributed by atoms with Gasteiger partial charge in [-0.25, -0.2) is 4.79 Å². The van der Waals surface area contributed by atoms with Crippen molar-refractivity contribution in [2.24, 2.45) is 0 Å². The van der Waals surface area contributed by atoms with Crippen LogP contribution in [0.5, 0.6) is 0 Å². The Kier molecular flexibility index (Phi) is 5.46. The summed E-state index contributed by atoms with van der Waals surface area (Å²) in [6.07, 6.45) is 0. The van der Waals surface area contributed by atoms with Crippen molar-refractivity contribution >= 4 is 23.3 Å². The molecule has 0 unspecified atom stereocenters. The molecule has 2 aromatic carbocycles. The third kappa shape index (κ3) is 4.54. The third-order valence-electron chi connectivity index (χ3n) is 3.20. The third-order valence-corrected chi connectivity index (χ3v) is 3.53. The Morgan fingerprint density at radius 2 is 1.91 bits per heavy atom. The van der Waals surface area contributed by atoms with Gasteiger partial charge in [-0.3, -0.25) is 0 Å². The summed E-state index contributed by atoms with van der Waals surface area (Å²) < 4.78 is 0. The van der Waals surface area contributed by atoms with Crippen LogP contribution < -0.4 is 10.6 Å². The number of aryl methyl sites for hydroxylation is 2. The van der Waals surface area contributed by atoms with E-state index in [4.69, 9.17) is 11.6 Å². The normalized spacial score (nSPS) is 9.59. The summed E-state index contributed by atoms with van der Waals surface area (Å²) in [6, 6.07) is 12.8. The Morgan fingerprint density at radius 3 is 2.64 bits per heavy atom. The smallest absolute Gasteiger partial charge is 0.319 e.